The van der Waals surface area contributed by atoms with Crippen LogP contribution in [0, 0.1) is 5.82 Å². The zero-order valence-electron chi connectivity index (χ0n) is 19.6. The molecule has 7 nitrogen and oxygen atoms in total. The number of anilines is 1. The fraction of sp³-hybridized carbons (Fsp3) is 0.269. The molecule has 1 aliphatic heterocycles. The summed E-state index contributed by atoms with van der Waals surface area (Å²) < 4.78 is 58.1. The van der Waals surface area contributed by atoms with Gasteiger partial charge in [0.05, 0.1) is 40.3 Å². The minimum atomic E-state index is -4.85. The molecule has 198 valence electrons. The van der Waals surface area contributed by atoms with Crippen molar-refractivity contribution < 1.29 is 37.0 Å². The summed E-state index contributed by atoms with van der Waals surface area (Å²) in [5.74, 6) is -2.63. The van der Waals surface area contributed by atoms with Crippen molar-refractivity contribution in [1.29, 1.82) is 0 Å². The van der Waals surface area contributed by atoms with Gasteiger partial charge in [-0.1, -0.05) is 23.7 Å². The number of aromatic carboxylic acids is 1. The Morgan fingerprint density at radius 3 is 2.39 bits per heavy atom. The number of carboxylic acid groups (broad SMARTS) is 1. The minimum Gasteiger partial charge on any atom is -0.487 e. The van der Waals surface area contributed by atoms with Crippen LogP contribution in [0.2, 0.25) is 5.02 Å². The molecule has 2 fully saturated rings. The summed E-state index contributed by atoms with van der Waals surface area (Å²) in [4.78, 5) is 30.5. The second-order valence-corrected chi connectivity index (χ2v) is 9.66. The maximum atomic E-state index is 13.6. The van der Waals surface area contributed by atoms with Crippen molar-refractivity contribution in [1.82, 2.24) is 10.3 Å². The molecule has 3 aromatic rings. The SMILES string of the molecule is O=C(O)c1ccc(C2(NC(=O)c3cc(Cl)cnc3N3CC(Oc4ccc(F)c(C(F)(F)F)c4)C3)CC2)cc1. The molecule has 2 heterocycles. The van der Waals surface area contributed by atoms with Gasteiger partial charge in [-0.25, -0.2) is 14.2 Å². The van der Waals surface area contributed by atoms with Gasteiger partial charge in [0.15, 0.2) is 0 Å². The number of amides is 1. The Labute approximate surface area is 219 Å². The van der Waals surface area contributed by atoms with E-state index < -0.39 is 41.1 Å². The largest absolute Gasteiger partial charge is 0.487 e. The quantitative estimate of drug-likeness (QED) is 0.390. The highest BCUT2D eigenvalue weighted by Crippen LogP contribution is 2.46. The highest BCUT2D eigenvalue weighted by atomic mass is 35.5. The highest BCUT2D eigenvalue weighted by Gasteiger charge is 2.46. The maximum absolute atomic E-state index is 13.6. The third kappa shape index (κ3) is 5.10. The van der Waals surface area contributed by atoms with Crippen molar-refractivity contribution in [3.05, 3.63) is 87.8 Å². The maximum Gasteiger partial charge on any atom is 0.419 e. The number of pyridine rings is 1. The van der Waals surface area contributed by atoms with Gasteiger partial charge in [-0.15, -0.1) is 0 Å². The molecule has 1 aromatic heterocycles. The van der Waals surface area contributed by atoms with E-state index in [0.717, 1.165) is 11.6 Å². The Bertz CT molecular complexity index is 1400. The third-order valence-corrected chi connectivity index (χ3v) is 6.77. The molecule has 2 aromatic carbocycles. The lowest BCUT2D eigenvalue weighted by atomic mass is 10.0. The molecule has 0 spiro atoms. The fourth-order valence-electron chi connectivity index (χ4n) is 4.35. The first-order valence-corrected chi connectivity index (χ1v) is 11.9. The number of carboxylic acids is 1. The van der Waals surface area contributed by atoms with Crippen LogP contribution in [0.25, 0.3) is 0 Å². The average molecular weight is 550 g/mol. The second kappa shape index (κ2) is 9.46. The van der Waals surface area contributed by atoms with E-state index in [0.29, 0.717) is 30.8 Å². The van der Waals surface area contributed by atoms with E-state index in [9.17, 15) is 27.2 Å². The molecule has 0 atom stereocenters. The highest BCUT2D eigenvalue weighted by molar-refractivity contribution is 6.31. The number of nitrogens with zero attached hydrogens (tertiary/aromatic N) is 2. The molecule has 1 saturated carbocycles. The summed E-state index contributed by atoms with van der Waals surface area (Å²) in [7, 11) is 0. The van der Waals surface area contributed by atoms with Crippen molar-refractivity contribution in [2.45, 2.75) is 30.7 Å². The van der Waals surface area contributed by atoms with E-state index in [4.69, 9.17) is 21.4 Å². The number of rotatable bonds is 7. The smallest absolute Gasteiger partial charge is 0.419 e. The molecule has 2 N–H and O–H groups in total. The van der Waals surface area contributed by atoms with Crippen molar-refractivity contribution in [3.8, 4) is 5.75 Å². The van der Waals surface area contributed by atoms with Gasteiger partial charge in [-0.05, 0) is 54.8 Å². The van der Waals surface area contributed by atoms with Crippen LogP contribution in [0.4, 0.5) is 23.4 Å². The number of nitrogens with one attached hydrogen (secondary N) is 1. The molecule has 1 aliphatic carbocycles. The summed E-state index contributed by atoms with van der Waals surface area (Å²) >= 11 is 6.11. The van der Waals surface area contributed by atoms with Crippen molar-refractivity contribution >= 4 is 29.3 Å². The molecule has 2 aliphatic rings. The number of aromatic nitrogens is 1. The Morgan fingerprint density at radius 1 is 1.11 bits per heavy atom. The van der Waals surface area contributed by atoms with Crippen LogP contribution in [0.3, 0.4) is 0 Å². The molecule has 0 unspecified atom stereocenters. The van der Waals surface area contributed by atoms with Gasteiger partial charge in [-0.2, -0.15) is 13.2 Å². The van der Waals surface area contributed by atoms with E-state index in [2.05, 4.69) is 10.3 Å². The molecule has 5 rings (SSSR count). The number of ether oxygens (including phenoxy) is 1. The van der Waals surface area contributed by atoms with Crippen LogP contribution in [0.15, 0.2) is 54.7 Å². The Hall–Kier alpha value is -3.86. The molecule has 38 heavy (non-hydrogen) atoms. The van der Waals surface area contributed by atoms with Gasteiger partial charge < -0.3 is 20.1 Å². The number of halogens is 5. The van der Waals surface area contributed by atoms with Gasteiger partial charge >= 0.3 is 12.1 Å². The summed E-state index contributed by atoms with van der Waals surface area (Å²) in [5, 5.41) is 12.4. The lowest BCUT2D eigenvalue weighted by Crippen LogP contribution is -2.55. The number of carbonyl (C=O) groups is 2. The monoisotopic (exact) mass is 549 g/mol. The van der Waals surface area contributed by atoms with E-state index in [-0.39, 0.29) is 35.0 Å². The standard InChI is InChI=1S/C26H20ClF4N3O4/c27-16-9-19(23(35)33-25(7-8-25)15-3-1-14(2-4-15)24(36)37)22(32-11-16)34-12-18(13-34)38-17-5-6-21(28)20(10-17)26(29,30)31/h1-6,9-11,18H,7-8,12-13H2,(H,33,35)(H,36,37). The second-order valence-electron chi connectivity index (χ2n) is 9.23. The van der Waals surface area contributed by atoms with Crippen LogP contribution < -0.4 is 15.0 Å². The molecular weight excluding hydrogens is 530 g/mol. The Morgan fingerprint density at radius 2 is 1.79 bits per heavy atom. The van der Waals surface area contributed by atoms with E-state index in [1.54, 1.807) is 17.0 Å². The molecule has 0 radical (unpaired) electrons. The van der Waals surface area contributed by atoms with E-state index in [1.165, 1.54) is 24.4 Å². The Kier molecular flexibility index (Phi) is 6.42. The van der Waals surface area contributed by atoms with Gasteiger partial charge in [0.2, 0.25) is 0 Å². The number of benzene rings is 2. The van der Waals surface area contributed by atoms with Crippen LogP contribution in [-0.2, 0) is 11.7 Å². The van der Waals surface area contributed by atoms with Crippen LogP contribution in [0.1, 0.15) is 44.7 Å². The summed E-state index contributed by atoms with van der Waals surface area (Å²) in [6, 6.07) is 10.2. The number of alkyl halides is 3. The van der Waals surface area contributed by atoms with Crippen molar-refractivity contribution in [3.63, 3.8) is 0 Å². The van der Waals surface area contributed by atoms with Gasteiger partial charge in [0.25, 0.3) is 5.91 Å². The van der Waals surface area contributed by atoms with Gasteiger partial charge in [-0.3, -0.25) is 4.79 Å². The molecular formula is C26H20ClF4N3O4. The third-order valence-electron chi connectivity index (χ3n) is 6.56. The normalized spacial score (nSPS) is 16.5. The van der Waals surface area contributed by atoms with Gasteiger partial charge in [0.1, 0.15) is 23.5 Å². The lowest BCUT2D eigenvalue weighted by Gasteiger charge is -2.40. The Balaban J connectivity index is 1.28. The fourth-order valence-corrected chi connectivity index (χ4v) is 4.51. The minimum absolute atomic E-state index is 0.116. The predicted octanol–water partition coefficient (Wildman–Crippen LogP) is 5.28. The van der Waals surface area contributed by atoms with E-state index in [1.807, 2.05) is 0 Å². The number of carbonyl (C=O) groups excluding carboxylic acids is 1. The number of hydrogen-bond donors (Lipinski definition) is 2. The van der Waals surface area contributed by atoms with Crippen molar-refractivity contribution in [2.24, 2.45) is 0 Å². The zero-order valence-corrected chi connectivity index (χ0v) is 20.3. The molecule has 0 bridgehead atoms. The predicted molar refractivity (Wildman–Crippen MR) is 129 cm³/mol. The zero-order chi connectivity index (χ0) is 27.2. The molecule has 12 heteroatoms. The van der Waals surface area contributed by atoms with Crippen molar-refractivity contribution in [2.75, 3.05) is 18.0 Å². The summed E-state index contributed by atoms with van der Waals surface area (Å²) in [6.07, 6.45) is -2.62. The topological polar surface area (TPSA) is 91.8 Å². The molecule has 1 saturated heterocycles. The van der Waals surface area contributed by atoms with Crippen LogP contribution in [-0.4, -0.2) is 41.2 Å². The lowest BCUT2D eigenvalue weighted by molar-refractivity contribution is -0.140. The summed E-state index contributed by atoms with van der Waals surface area (Å²) in [5.41, 5.74) is -0.904. The van der Waals surface area contributed by atoms with Crippen LogP contribution in [0.5, 0.6) is 5.75 Å². The average Bonchev–Trinajstić information content (AvgIpc) is 3.62. The first kappa shape index (κ1) is 25.8. The van der Waals surface area contributed by atoms with E-state index >= 15 is 0 Å². The summed E-state index contributed by atoms with van der Waals surface area (Å²) in [6.45, 7) is 0.463. The molecule has 1 amide bonds. The first-order valence-electron chi connectivity index (χ1n) is 11.6. The van der Waals surface area contributed by atoms with Gasteiger partial charge in [0, 0.05) is 6.20 Å². The number of hydrogen-bond acceptors (Lipinski definition) is 5. The first-order chi connectivity index (χ1) is 17.9. The van der Waals surface area contributed by atoms with Crippen LogP contribution >= 0.6 is 11.6 Å².